The van der Waals surface area contributed by atoms with Crippen LogP contribution in [-0.2, 0) is 11.3 Å². The van der Waals surface area contributed by atoms with E-state index in [1.807, 2.05) is 31.2 Å². The molecule has 1 aliphatic rings. The molecule has 156 valence electrons. The lowest BCUT2D eigenvalue weighted by Crippen LogP contribution is -2.33. The summed E-state index contributed by atoms with van der Waals surface area (Å²) in [6, 6.07) is 14.6. The molecule has 1 aromatic heterocycles. The molecule has 1 aliphatic heterocycles. The van der Waals surface area contributed by atoms with Gasteiger partial charge >= 0.3 is 0 Å². The summed E-state index contributed by atoms with van der Waals surface area (Å²) in [4.78, 5) is 25.7. The molecule has 0 atom stereocenters. The minimum atomic E-state index is -0.551. The van der Waals surface area contributed by atoms with Gasteiger partial charge in [-0.1, -0.05) is 23.8 Å². The molecule has 2 heterocycles. The lowest BCUT2D eigenvalue weighted by Gasteiger charge is -2.04. The van der Waals surface area contributed by atoms with Gasteiger partial charge in [-0.05, 0) is 49.8 Å². The normalized spacial score (nSPS) is 13.6. The summed E-state index contributed by atoms with van der Waals surface area (Å²) in [7, 11) is 0. The molecule has 1 N–H and O–H groups in total. The van der Waals surface area contributed by atoms with Crippen molar-refractivity contribution in [3.8, 4) is 17.6 Å². The van der Waals surface area contributed by atoms with Crippen molar-refractivity contribution in [1.29, 1.82) is 5.26 Å². The SMILES string of the molecule is CCn1c(=O)/c(=C\c2ccc3c(c2)OCO3)s/c1=C(/C#N)C(=O)Nc1ccc(C)cc1. The zero-order valence-electron chi connectivity index (χ0n) is 17.0. The fraction of sp³-hybridized carbons (Fsp3) is 0.174. The molecular formula is C23H19N3O4S. The van der Waals surface area contributed by atoms with E-state index in [9.17, 15) is 14.9 Å². The third-order valence-corrected chi connectivity index (χ3v) is 5.91. The second-order valence-electron chi connectivity index (χ2n) is 6.88. The van der Waals surface area contributed by atoms with Crippen LogP contribution in [0.4, 0.5) is 5.69 Å². The quantitative estimate of drug-likeness (QED) is 0.680. The number of rotatable bonds is 4. The number of anilines is 1. The van der Waals surface area contributed by atoms with Crippen LogP contribution in [0.5, 0.6) is 11.5 Å². The first-order valence-electron chi connectivity index (χ1n) is 9.63. The molecule has 3 aromatic rings. The predicted octanol–water partition coefficient (Wildman–Crippen LogP) is 2.11. The van der Waals surface area contributed by atoms with Gasteiger partial charge < -0.3 is 14.8 Å². The fourth-order valence-corrected chi connectivity index (χ4v) is 4.34. The molecule has 0 saturated carbocycles. The third kappa shape index (κ3) is 4.09. The smallest absolute Gasteiger partial charge is 0.269 e. The Balaban J connectivity index is 1.79. The number of aromatic nitrogens is 1. The maximum atomic E-state index is 12.9. The summed E-state index contributed by atoms with van der Waals surface area (Å²) in [6.07, 6.45) is 1.72. The Morgan fingerprint density at radius 2 is 1.97 bits per heavy atom. The highest BCUT2D eigenvalue weighted by Crippen LogP contribution is 2.32. The second kappa shape index (κ2) is 8.50. The van der Waals surface area contributed by atoms with Crippen LogP contribution in [-0.4, -0.2) is 17.3 Å². The highest BCUT2D eigenvalue weighted by atomic mass is 32.1. The molecule has 1 amide bonds. The van der Waals surface area contributed by atoms with Crippen LogP contribution >= 0.6 is 11.3 Å². The number of fused-ring (bicyclic) bond motifs is 1. The number of ether oxygens (including phenoxy) is 2. The predicted molar refractivity (Wildman–Crippen MR) is 118 cm³/mol. The van der Waals surface area contributed by atoms with Crippen LogP contribution in [0.25, 0.3) is 11.6 Å². The van der Waals surface area contributed by atoms with Gasteiger partial charge in [0.25, 0.3) is 11.5 Å². The van der Waals surface area contributed by atoms with Crippen molar-refractivity contribution < 1.29 is 14.3 Å². The number of aryl methyl sites for hydroxylation is 1. The van der Waals surface area contributed by atoms with Gasteiger partial charge in [0.05, 0.1) is 4.53 Å². The van der Waals surface area contributed by atoms with E-state index >= 15 is 0 Å². The van der Waals surface area contributed by atoms with Gasteiger partial charge in [0.1, 0.15) is 10.7 Å². The lowest BCUT2D eigenvalue weighted by atomic mass is 10.2. The summed E-state index contributed by atoms with van der Waals surface area (Å²) in [6.45, 7) is 4.25. The highest BCUT2D eigenvalue weighted by Gasteiger charge is 2.16. The molecule has 4 rings (SSSR count). The molecule has 0 bridgehead atoms. The van der Waals surface area contributed by atoms with E-state index in [4.69, 9.17) is 9.47 Å². The average Bonchev–Trinajstić information content (AvgIpc) is 3.34. The maximum absolute atomic E-state index is 12.9. The topological polar surface area (TPSA) is 93.3 Å². The van der Waals surface area contributed by atoms with E-state index in [2.05, 4.69) is 5.32 Å². The Hall–Kier alpha value is -3.83. The number of hydrogen-bond donors (Lipinski definition) is 1. The zero-order chi connectivity index (χ0) is 22.0. The molecule has 0 aliphatic carbocycles. The number of amides is 1. The lowest BCUT2D eigenvalue weighted by molar-refractivity contribution is -0.111. The number of nitrogens with one attached hydrogen (secondary N) is 1. The molecule has 8 heteroatoms. The number of carbonyl (C=O) groups excluding carboxylic acids is 1. The largest absolute Gasteiger partial charge is 0.454 e. The molecule has 2 aromatic carbocycles. The molecule has 7 nitrogen and oxygen atoms in total. The molecule has 31 heavy (non-hydrogen) atoms. The molecular weight excluding hydrogens is 414 g/mol. The van der Waals surface area contributed by atoms with Crippen LogP contribution < -0.4 is 29.5 Å². The van der Waals surface area contributed by atoms with Crippen molar-refractivity contribution >= 4 is 34.6 Å². The number of benzene rings is 2. The average molecular weight is 433 g/mol. The van der Waals surface area contributed by atoms with Gasteiger partial charge in [-0.15, -0.1) is 11.3 Å². The Morgan fingerprint density at radius 1 is 1.23 bits per heavy atom. The van der Waals surface area contributed by atoms with Crippen LogP contribution in [0.3, 0.4) is 0 Å². The van der Waals surface area contributed by atoms with E-state index in [1.54, 1.807) is 37.3 Å². The van der Waals surface area contributed by atoms with Crippen LogP contribution in [0, 0.1) is 18.3 Å². The number of nitrogens with zero attached hydrogens (tertiary/aromatic N) is 2. The van der Waals surface area contributed by atoms with Gasteiger partial charge in [-0.3, -0.25) is 14.2 Å². The zero-order valence-corrected chi connectivity index (χ0v) is 17.8. The van der Waals surface area contributed by atoms with E-state index in [0.29, 0.717) is 32.9 Å². The van der Waals surface area contributed by atoms with Crippen molar-refractivity contribution in [2.45, 2.75) is 20.4 Å². The molecule has 0 spiro atoms. The Labute approximate surface area is 182 Å². The van der Waals surface area contributed by atoms with Crippen molar-refractivity contribution in [2.24, 2.45) is 0 Å². The number of thiazole rings is 1. The van der Waals surface area contributed by atoms with Crippen LogP contribution in [0.1, 0.15) is 18.1 Å². The number of carbonyl (C=O) groups is 1. The third-order valence-electron chi connectivity index (χ3n) is 4.78. The van der Waals surface area contributed by atoms with Gasteiger partial charge in [0.2, 0.25) is 6.79 Å². The summed E-state index contributed by atoms with van der Waals surface area (Å²) < 4.78 is 12.9. The van der Waals surface area contributed by atoms with Crippen molar-refractivity contribution in [1.82, 2.24) is 4.57 Å². The Kier molecular flexibility index (Phi) is 5.60. The van der Waals surface area contributed by atoms with Crippen molar-refractivity contribution in [3.63, 3.8) is 0 Å². The molecule has 0 radical (unpaired) electrons. The van der Waals surface area contributed by atoms with Gasteiger partial charge in [0.15, 0.2) is 17.1 Å². The Bertz CT molecular complexity index is 1380. The van der Waals surface area contributed by atoms with Crippen molar-refractivity contribution in [3.05, 3.63) is 73.1 Å². The van der Waals surface area contributed by atoms with Gasteiger partial charge in [0, 0.05) is 12.2 Å². The van der Waals surface area contributed by atoms with E-state index < -0.39 is 5.91 Å². The highest BCUT2D eigenvalue weighted by molar-refractivity contribution is 7.07. The monoisotopic (exact) mass is 433 g/mol. The number of hydrogen-bond acceptors (Lipinski definition) is 6. The second-order valence-corrected chi connectivity index (χ2v) is 7.92. The summed E-state index contributed by atoms with van der Waals surface area (Å²) >= 11 is 1.12. The number of nitriles is 1. The van der Waals surface area contributed by atoms with Gasteiger partial charge in [-0.25, -0.2) is 0 Å². The van der Waals surface area contributed by atoms with E-state index in [-0.39, 0.29) is 17.9 Å². The molecule has 0 saturated heterocycles. The minimum absolute atomic E-state index is 0.102. The first-order chi connectivity index (χ1) is 15.0. The Morgan fingerprint density at radius 3 is 2.68 bits per heavy atom. The molecule has 0 unspecified atom stereocenters. The summed E-state index contributed by atoms with van der Waals surface area (Å²) in [5, 5.41) is 12.4. The fourth-order valence-electron chi connectivity index (χ4n) is 3.17. The van der Waals surface area contributed by atoms with E-state index in [0.717, 1.165) is 22.5 Å². The summed E-state index contributed by atoms with van der Waals surface area (Å²) in [5.41, 5.74) is 2.05. The first-order valence-corrected chi connectivity index (χ1v) is 10.4. The maximum Gasteiger partial charge on any atom is 0.269 e. The van der Waals surface area contributed by atoms with Crippen molar-refractivity contribution in [2.75, 3.05) is 12.1 Å². The first kappa shape index (κ1) is 20.4. The van der Waals surface area contributed by atoms with Gasteiger partial charge in [-0.2, -0.15) is 5.26 Å². The standard InChI is InChI=1S/C23H19N3O4S/c1-3-26-22(28)20(11-15-6-9-18-19(10-15)30-13-29-18)31-23(26)17(12-24)21(27)25-16-7-4-14(2)5-8-16/h4-11H,3,13H2,1-2H3,(H,25,27)/b20-11+,23-17-. The van der Waals surface area contributed by atoms with Crippen LogP contribution in [0.2, 0.25) is 0 Å². The van der Waals surface area contributed by atoms with Crippen LogP contribution in [0.15, 0.2) is 47.3 Å². The minimum Gasteiger partial charge on any atom is -0.454 e. The molecule has 0 fully saturated rings. The summed E-state index contributed by atoms with van der Waals surface area (Å²) in [5.74, 6) is 0.718. The van der Waals surface area contributed by atoms with E-state index in [1.165, 1.54) is 4.57 Å².